The molecule has 2 rings (SSSR count). The third-order valence-electron chi connectivity index (χ3n) is 3.13. The molecule has 0 atom stereocenters. The Bertz CT molecular complexity index is 808. The second-order valence-corrected chi connectivity index (χ2v) is 5.60. The Morgan fingerprint density at radius 1 is 1.08 bits per heavy atom. The van der Waals surface area contributed by atoms with Crippen LogP contribution in [0.25, 0.3) is 0 Å². The molecule has 0 fully saturated rings. The van der Waals surface area contributed by atoms with Gasteiger partial charge in [0.15, 0.2) is 0 Å². The fraction of sp³-hybridized carbons (Fsp3) is 0.118. The molecule has 0 spiro atoms. The second-order valence-electron chi connectivity index (χ2n) is 4.74. The van der Waals surface area contributed by atoms with Crippen LogP contribution in [0.4, 0.5) is 5.69 Å². The molecule has 7 nitrogen and oxygen atoms in total. The number of methoxy groups -OCH3 is 2. The number of rotatable bonds is 5. The van der Waals surface area contributed by atoms with Gasteiger partial charge in [0, 0.05) is 10.0 Å². The van der Waals surface area contributed by atoms with Gasteiger partial charge in [0.25, 0.3) is 0 Å². The van der Waals surface area contributed by atoms with Crippen LogP contribution in [0, 0.1) is 0 Å². The highest BCUT2D eigenvalue weighted by Crippen LogP contribution is 2.23. The molecule has 2 aromatic carbocycles. The summed E-state index contributed by atoms with van der Waals surface area (Å²) in [7, 11) is 3.02. The highest BCUT2D eigenvalue weighted by atomic mass is 79.9. The predicted octanol–water partition coefficient (Wildman–Crippen LogP) is 2.56. The van der Waals surface area contributed by atoms with Crippen molar-refractivity contribution >= 4 is 39.6 Å². The lowest BCUT2D eigenvalue weighted by molar-refractivity contribution is -0.136. The van der Waals surface area contributed by atoms with Crippen LogP contribution in [-0.2, 0) is 9.59 Å². The first kappa shape index (κ1) is 18.5. The van der Waals surface area contributed by atoms with Crippen molar-refractivity contribution in [1.29, 1.82) is 0 Å². The van der Waals surface area contributed by atoms with E-state index in [1.165, 1.54) is 13.3 Å². The van der Waals surface area contributed by atoms with Crippen LogP contribution in [0.15, 0.2) is 52.0 Å². The Balaban J connectivity index is 1.99. The van der Waals surface area contributed by atoms with Gasteiger partial charge in [0.1, 0.15) is 11.5 Å². The van der Waals surface area contributed by atoms with Gasteiger partial charge in [-0.1, -0.05) is 28.1 Å². The smallest absolute Gasteiger partial charge is 0.329 e. The van der Waals surface area contributed by atoms with Gasteiger partial charge in [-0.3, -0.25) is 9.59 Å². The van der Waals surface area contributed by atoms with Gasteiger partial charge < -0.3 is 14.8 Å². The Kier molecular flexibility index (Phi) is 6.53. The van der Waals surface area contributed by atoms with Gasteiger partial charge in [0.05, 0.1) is 26.1 Å². The number of hydrogen-bond acceptors (Lipinski definition) is 5. The van der Waals surface area contributed by atoms with E-state index in [1.54, 1.807) is 49.6 Å². The van der Waals surface area contributed by atoms with Crippen LogP contribution < -0.4 is 20.2 Å². The molecule has 0 aromatic heterocycles. The number of hydrogen-bond donors (Lipinski definition) is 2. The lowest BCUT2D eigenvalue weighted by Gasteiger charge is -2.08. The lowest BCUT2D eigenvalue weighted by atomic mass is 10.2. The molecular weight excluding hydrogens is 390 g/mol. The minimum atomic E-state index is -0.902. The van der Waals surface area contributed by atoms with E-state index in [0.29, 0.717) is 22.7 Å². The van der Waals surface area contributed by atoms with Crippen LogP contribution in [0.5, 0.6) is 11.5 Å². The third-order valence-corrected chi connectivity index (χ3v) is 3.86. The first-order valence-electron chi connectivity index (χ1n) is 7.16. The Hall–Kier alpha value is -2.87. The van der Waals surface area contributed by atoms with Crippen LogP contribution >= 0.6 is 15.9 Å². The molecule has 0 unspecified atom stereocenters. The number of para-hydroxylation sites is 2. The van der Waals surface area contributed by atoms with Crippen molar-refractivity contribution in [1.82, 2.24) is 5.43 Å². The molecule has 8 heteroatoms. The molecule has 2 amide bonds. The summed E-state index contributed by atoms with van der Waals surface area (Å²) in [5, 5.41) is 6.24. The maximum absolute atomic E-state index is 11.9. The number of ether oxygens (including phenoxy) is 2. The van der Waals surface area contributed by atoms with Gasteiger partial charge in [-0.15, -0.1) is 0 Å². The number of anilines is 1. The average molecular weight is 406 g/mol. The summed E-state index contributed by atoms with van der Waals surface area (Å²) in [6.07, 6.45) is 1.40. The molecule has 2 N–H and O–H groups in total. The molecule has 0 saturated carbocycles. The van der Waals surface area contributed by atoms with Crippen molar-refractivity contribution in [3.8, 4) is 11.5 Å². The van der Waals surface area contributed by atoms with Crippen molar-refractivity contribution in [2.24, 2.45) is 5.10 Å². The van der Waals surface area contributed by atoms with Crippen LogP contribution in [0.1, 0.15) is 5.56 Å². The molecule has 0 heterocycles. The molecule has 130 valence electrons. The number of carbonyl (C=O) groups is 2. The van der Waals surface area contributed by atoms with Gasteiger partial charge in [0.2, 0.25) is 0 Å². The number of amides is 2. The molecule has 2 aromatic rings. The van der Waals surface area contributed by atoms with E-state index in [1.807, 2.05) is 0 Å². The third kappa shape index (κ3) is 5.05. The van der Waals surface area contributed by atoms with Gasteiger partial charge in [-0.25, -0.2) is 5.43 Å². The van der Waals surface area contributed by atoms with Crippen molar-refractivity contribution in [2.75, 3.05) is 19.5 Å². The van der Waals surface area contributed by atoms with Crippen LogP contribution in [-0.4, -0.2) is 32.2 Å². The highest BCUT2D eigenvalue weighted by molar-refractivity contribution is 9.10. The number of halogens is 1. The van der Waals surface area contributed by atoms with Crippen molar-refractivity contribution < 1.29 is 19.1 Å². The standard InChI is InChI=1S/C17H16BrN3O4/c1-24-12-7-8-13(18)11(9-12)10-19-21-17(23)16(22)20-14-5-3-4-6-15(14)25-2/h3-10H,1-2H3,(H,20,22)(H,21,23)/b19-10+. The predicted molar refractivity (Wildman–Crippen MR) is 98.1 cm³/mol. The Morgan fingerprint density at radius 2 is 1.84 bits per heavy atom. The molecule has 0 aliphatic rings. The number of carbonyl (C=O) groups excluding carboxylic acids is 2. The normalized spacial score (nSPS) is 10.4. The molecule has 25 heavy (non-hydrogen) atoms. The van der Waals surface area contributed by atoms with Crippen molar-refractivity contribution in [2.45, 2.75) is 0 Å². The Morgan fingerprint density at radius 3 is 2.56 bits per heavy atom. The molecule has 0 aliphatic heterocycles. The van der Waals surface area contributed by atoms with E-state index < -0.39 is 11.8 Å². The first-order chi connectivity index (χ1) is 12.0. The zero-order valence-corrected chi connectivity index (χ0v) is 15.2. The zero-order valence-electron chi connectivity index (χ0n) is 13.6. The van der Waals surface area contributed by atoms with E-state index >= 15 is 0 Å². The van der Waals surface area contributed by atoms with Gasteiger partial charge in [-0.05, 0) is 30.3 Å². The van der Waals surface area contributed by atoms with E-state index in [-0.39, 0.29) is 0 Å². The van der Waals surface area contributed by atoms with Gasteiger partial charge in [-0.2, -0.15) is 5.10 Å². The minimum Gasteiger partial charge on any atom is -0.497 e. The summed E-state index contributed by atoms with van der Waals surface area (Å²) < 4.78 is 11.0. The topological polar surface area (TPSA) is 89.0 Å². The van der Waals surface area contributed by atoms with Gasteiger partial charge >= 0.3 is 11.8 Å². The number of hydrazone groups is 1. The van der Waals surface area contributed by atoms with Crippen LogP contribution in [0.2, 0.25) is 0 Å². The molecule has 0 radical (unpaired) electrons. The largest absolute Gasteiger partial charge is 0.497 e. The van der Waals surface area contributed by atoms with E-state index in [0.717, 1.165) is 4.47 Å². The van der Waals surface area contributed by atoms with Crippen molar-refractivity contribution in [3.05, 3.63) is 52.5 Å². The molecule has 0 aliphatic carbocycles. The fourth-order valence-electron chi connectivity index (χ4n) is 1.89. The summed E-state index contributed by atoms with van der Waals surface area (Å²) in [6, 6.07) is 12.1. The summed E-state index contributed by atoms with van der Waals surface area (Å²) in [5.74, 6) is -0.662. The minimum absolute atomic E-state index is 0.393. The quantitative estimate of drug-likeness (QED) is 0.454. The lowest BCUT2D eigenvalue weighted by Crippen LogP contribution is -2.32. The maximum atomic E-state index is 11.9. The molecule has 0 bridgehead atoms. The average Bonchev–Trinajstić information content (AvgIpc) is 2.63. The molecular formula is C17H16BrN3O4. The monoisotopic (exact) mass is 405 g/mol. The SMILES string of the molecule is COc1ccc(Br)c(/C=N/NC(=O)C(=O)Nc2ccccc2OC)c1. The highest BCUT2D eigenvalue weighted by Gasteiger charge is 2.14. The van der Waals surface area contributed by atoms with Crippen molar-refractivity contribution in [3.63, 3.8) is 0 Å². The number of benzene rings is 2. The van der Waals surface area contributed by atoms with Crippen LogP contribution in [0.3, 0.4) is 0 Å². The summed E-state index contributed by atoms with van der Waals surface area (Å²) in [5.41, 5.74) is 3.25. The summed E-state index contributed by atoms with van der Waals surface area (Å²) in [6.45, 7) is 0. The first-order valence-corrected chi connectivity index (χ1v) is 7.95. The fourth-order valence-corrected chi connectivity index (χ4v) is 2.23. The number of nitrogens with zero attached hydrogens (tertiary/aromatic N) is 1. The number of nitrogens with one attached hydrogen (secondary N) is 2. The maximum Gasteiger partial charge on any atom is 0.329 e. The van der Waals surface area contributed by atoms with E-state index in [4.69, 9.17) is 9.47 Å². The van der Waals surface area contributed by atoms with E-state index in [2.05, 4.69) is 31.8 Å². The second kappa shape index (κ2) is 8.84. The molecule has 0 saturated heterocycles. The zero-order chi connectivity index (χ0) is 18.2. The summed E-state index contributed by atoms with van der Waals surface area (Å²) in [4.78, 5) is 23.7. The van der Waals surface area contributed by atoms with E-state index in [9.17, 15) is 9.59 Å². The summed E-state index contributed by atoms with van der Waals surface area (Å²) >= 11 is 3.36. The Labute approximate surface area is 153 Å².